The number of rotatable bonds is 6. The summed E-state index contributed by atoms with van der Waals surface area (Å²) in [6, 6.07) is 9.05. The Morgan fingerprint density at radius 2 is 2.14 bits per heavy atom. The molecule has 0 spiro atoms. The first kappa shape index (κ1) is 12.9. The molecule has 5 heteroatoms. The van der Waals surface area contributed by atoms with Gasteiger partial charge in [-0.25, -0.2) is 4.98 Å². The van der Waals surface area contributed by atoms with Crippen LogP contribution in [0.4, 0.5) is 0 Å². The molecule has 0 saturated heterocycles. The van der Waals surface area contributed by atoms with Crippen LogP contribution in [0.1, 0.15) is 24.1 Å². The largest absolute Gasteiger partial charge is 0.487 e. The van der Waals surface area contributed by atoms with E-state index in [-0.39, 0.29) is 0 Å². The lowest BCUT2D eigenvalue weighted by Gasteiger charge is -2.06. The van der Waals surface area contributed by atoms with Crippen molar-refractivity contribution in [2.75, 3.05) is 0 Å². The Morgan fingerprint density at radius 1 is 1.29 bits per heavy atom. The van der Waals surface area contributed by atoms with Gasteiger partial charge in [-0.05, 0) is 30.5 Å². The molecule has 108 valence electrons. The lowest BCUT2D eigenvalue weighted by atomic mass is 10.2. The highest BCUT2D eigenvalue weighted by molar-refractivity contribution is 7.15. The summed E-state index contributed by atoms with van der Waals surface area (Å²) < 4.78 is 7.82. The average Bonchev–Trinajstić information content (AvgIpc) is 3.10. The van der Waals surface area contributed by atoms with Crippen LogP contribution < -0.4 is 10.1 Å². The van der Waals surface area contributed by atoms with Crippen LogP contribution >= 0.6 is 11.3 Å². The van der Waals surface area contributed by atoms with Gasteiger partial charge >= 0.3 is 0 Å². The Labute approximate surface area is 127 Å². The third-order valence-corrected chi connectivity index (χ3v) is 4.40. The molecule has 1 saturated carbocycles. The van der Waals surface area contributed by atoms with Gasteiger partial charge in [0.05, 0.1) is 5.69 Å². The van der Waals surface area contributed by atoms with Crippen LogP contribution in [0.2, 0.25) is 0 Å². The van der Waals surface area contributed by atoms with Gasteiger partial charge in [0.25, 0.3) is 0 Å². The molecule has 0 aliphatic heterocycles. The summed E-state index contributed by atoms with van der Waals surface area (Å²) in [7, 11) is 0. The molecule has 4 rings (SSSR count). The van der Waals surface area contributed by atoms with Crippen molar-refractivity contribution in [3.63, 3.8) is 0 Å². The molecule has 2 heterocycles. The molecule has 1 aliphatic carbocycles. The fourth-order valence-corrected chi connectivity index (χ4v) is 2.98. The first-order valence-corrected chi connectivity index (χ1v) is 8.11. The van der Waals surface area contributed by atoms with Crippen LogP contribution in [0.3, 0.4) is 0 Å². The fourth-order valence-electron chi connectivity index (χ4n) is 2.26. The van der Waals surface area contributed by atoms with Crippen LogP contribution in [0.15, 0.2) is 42.0 Å². The van der Waals surface area contributed by atoms with E-state index in [4.69, 9.17) is 4.74 Å². The molecule has 2 aromatic heterocycles. The Hall–Kier alpha value is -1.85. The standard InChI is InChI=1S/C16H17N3OS/c1-5-15(6-2-12(1)9-17-13-3-4-13)20-11-14-10-19-7-8-21-16(19)18-14/h1-2,5-8,10,13,17H,3-4,9,11H2. The van der Waals surface area contributed by atoms with E-state index in [9.17, 15) is 0 Å². The Morgan fingerprint density at radius 3 is 2.90 bits per heavy atom. The third-order valence-electron chi connectivity index (χ3n) is 3.63. The molecular formula is C16H17N3OS. The summed E-state index contributed by atoms with van der Waals surface area (Å²) in [6.45, 7) is 1.45. The van der Waals surface area contributed by atoms with E-state index in [1.165, 1.54) is 18.4 Å². The lowest BCUT2D eigenvalue weighted by molar-refractivity contribution is 0.302. The Balaban J connectivity index is 1.34. The summed E-state index contributed by atoms with van der Waals surface area (Å²) in [6.07, 6.45) is 6.67. The van der Waals surface area contributed by atoms with E-state index in [2.05, 4.69) is 22.4 Å². The number of benzene rings is 1. The highest BCUT2D eigenvalue weighted by Crippen LogP contribution is 2.20. The SMILES string of the molecule is c1cn2cc(COc3ccc(CNC4CC4)cc3)nc2s1. The number of ether oxygens (including phenoxy) is 1. The first-order chi connectivity index (χ1) is 10.4. The second-order valence-electron chi connectivity index (χ2n) is 5.41. The zero-order valence-electron chi connectivity index (χ0n) is 11.7. The predicted molar refractivity (Wildman–Crippen MR) is 83.7 cm³/mol. The van der Waals surface area contributed by atoms with Gasteiger partial charge in [0.2, 0.25) is 0 Å². The number of nitrogens with zero attached hydrogens (tertiary/aromatic N) is 2. The van der Waals surface area contributed by atoms with Gasteiger partial charge < -0.3 is 10.1 Å². The van der Waals surface area contributed by atoms with Gasteiger partial charge in [-0.2, -0.15) is 0 Å². The maximum Gasteiger partial charge on any atom is 0.193 e. The van der Waals surface area contributed by atoms with Gasteiger partial charge in [-0.3, -0.25) is 4.40 Å². The van der Waals surface area contributed by atoms with Gasteiger partial charge in [0.1, 0.15) is 12.4 Å². The van der Waals surface area contributed by atoms with Crippen LogP contribution in [-0.4, -0.2) is 15.4 Å². The topological polar surface area (TPSA) is 38.6 Å². The van der Waals surface area contributed by atoms with Crippen molar-refractivity contribution in [1.29, 1.82) is 0 Å². The number of thiazole rings is 1. The Kier molecular flexibility index (Phi) is 3.37. The molecule has 1 aromatic carbocycles. The number of nitrogens with one attached hydrogen (secondary N) is 1. The van der Waals surface area contributed by atoms with Crippen molar-refractivity contribution < 1.29 is 4.74 Å². The quantitative estimate of drug-likeness (QED) is 0.759. The van der Waals surface area contributed by atoms with Crippen molar-refractivity contribution >= 4 is 16.3 Å². The molecule has 0 unspecified atom stereocenters. The van der Waals surface area contributed by atoms with E-state index in [0.717, 1.165) is 29.0 Å². The monoisotopic (exact) mass is 299 g/mol. The number of hydrogen-bond donors (Lipinski definition) is 1. The van der Waals surface area contributed by atoms with Crippen molar-refractivity contribution in [2.24, 2.45) is 0 Å². The fraction of sp³-hybridized carbons (Fsp3) is 0.312. The summed E-state index contributed by atoms with van der Waals surface area (Å²) in [5.41, 5.74) is 2.26. The molecule has 21 heavy (non-hydrogen) atoms. The number of fused-ring (bicyclic) bond motifs is 1. The first-order valence-electron chi connectivity index (χ1n) is 7.23. The third kappa shape index (κ3) is 3.09. The van der Waals surface area contributed by atoms with E-state index in [0.29, 0.717) is 6.61 Å². The highest BCUT2D eigenvalue weighted by Gasteiger charge is 2.19. The van der Waals surface area contributed by atoms with E-state index < -0.39 is 0 Å². The van der Waals surface area contributed by atoms with Gasteiger partial charge in [-0.15, -0.1) is 11.3 Å². The van der Waals surface area contributed by atoms with Gasteiger partial charge in [0.15, 0.2) is 4.96 Å². The normalized spacial score (nSPS) is 14.7. The summed E-state index contributed by atoms with van der Waals surface area (Å²) in [5.74, 6) is 0.890. The van der Waals surface area contributed by atoms with Crippen LogP contribution in [-0.2, 0) is 13.2 Å². The van der Waals surface area contributed by atoms with Crippen molar-refractivity contribution in [2.45, 2.75) is 32.0 Å². The smallest absolute Gasteiger partial charge is 0.193 e. The predicted octanol–water partition coefficient (Wildman–Crippen LogP) is 3.23. The molecule has 0 amide bonds. The van der Waals surface area contributed by atoms with Crippen LogP contribution in [0.5, 0.6) is 5.75 Å². The molecule has 4 nitrogen and oxygen atoms in total. The summed E-state index contributed by atoms with van der Waals surface area (Å²) in [5, 5.41) is 5.54. The molecule has 0 bridgehead atoms. The second-order valence-corrected chi connectivity index (χ2v) is 6.29. The second kappa shape index (κ2) is 5.50. The van der Waals surface area contributed by atoms with Crippen molar-refractivity contribution in [3.05, 3.63) is 53.3 Å². The maximum absolute atomic E-state index is 5.79. The zero-order valence-corrected chi connectivity index (χ0v) is 12.5. The molecule has 3 aromatic rings. The Bertz CT molecular complexity index is 699. The zero-order chi connectivity index (χ0) is 14.1. The minimum atomic E-state index is 0.508. The highest BCUT2D eigenvalue weighted by atomic mass is 32.1. The maximum atomic E-state index is 5.79. The van der Waals surface area contributed by atoms with Crippen LogP contribution in [0.25, 0.3) is 4.96 Å². The number of hydrogen-bond acceptors (Lipinski definition) is 4. The van der Waals surface area contributed by atoms with Crippen molar-refractivity contribution in [3.8, 4) is 5.75 Å². The molecule has 1 aliphatic rings. The van der Waals surface area contributed by atoms with E-state index in [1.807, 2.05) is 34.3 Å². The number of aromatic nitrogens is 2. The molecule has 0 radical (unpaired) electrons. The van der Waals surface area contributed by atoms with Gasteiger partial charge in [0, 0.05) is 30.4 Å². The minimum Gasteiger partial charge on any atom is -0.487 e. The molecule has 1 N–H and O–H groups in total. The molecular weight excluding hydrogens is 282 g/mol. The van der Waals surface area contributed by atoms with E-state index >= 15 is 0 Å². The van der Waals surface area contributed by atoms with Crippen molar-refractivity contribution in [1.82, 2.24) is 14.7 Å². The van der Waals surface area contributed by atoms with Crippen LogP contribution in [0, 0.1) is 0 Å². The summed E-state index contributed by atoms with van der Waals surface area (Å²) in [4.78, 5) is 5.52. The van der Waals surface area contributed by atoms with E-state index in [1.54, 1.807) is 11.3 Å². The van der Waals surface area contributed by atoms with Gasteiger partial charge in [-0.1, -0.05) is 12.1 Å². The molecule has 1 fully saturated rings. The molecule has 0 atom stereocenters. The average molecular weight is 299 g/mol. The minimum absolute atomic E-state index is 0.508. The lowest BCUT2D eigenvalue weighted by Crippen LogP contribution is -2.15. The number of imidazole rings is 1. The summed E-state index contributed by atoms with van der Waals surface area (Å²) >= 11 is 1.63.